The van der Waals surface area contributed by atoms with Gasteiger partial charge >= 0.3 is 0 Å². The molecule has 0 radical (unpaired) electrons. The van der Waals surface area contributed by atoms with E-state index >= 15 is 0 Å². The fourth-order valence-corrected chi connectivity index (χ4v) is 5.03. The number of benzene rings is 3. The van der Waals surface area contributed by atoms with Crippen molar-refractivity contribution in [2.45, 2.75) is 18.4 Å². The summed E-state index contributed by atoms with van der Waals surface area (Å²) in [4.78, 5) is 6.99. The monoisotopic (exact) mass is 496 g/mol. The van der Waals surface area contributed by atoms with Crippen LogP contribution in [0.15, 0.2) is 71.5 Å². The minimum absolute atomic E-state index is 0.0238. The molecule has 0 aliphatic carbocycles. The Morgan fingerprint density at radius 2 is 1.75 bits per heavy atom. The van der Waals surface area contributed by atoms with Gasteiger partial charge in [0.2, 0.25) is 0 Å². The molecular weight excluding hydrogens is 480 g/mol. The van der Waals surface area contributed by atoms with E-state index in [1.807, 2.05) is 18.2 Å². The molecule has 4 nitrogen and oxygen atoms in total. The normalized spacial score (nSPS) is 15.7. The Bertz CT molecular complexity index is 1180. The van der Waals surface area contributed by atoms with E-state index in [9.17, 15) is 0 Å². The molecule has 4 aromatic rings. The predicted octanol–water partition coefficient (Wildman–Crippen LogP) is 6.59. The second-order valence-electron chi connectivity index (χ2n) is 6.75. The average Bonchev–Trinajstić information content (AvgIpc) is 3.22. The van der Waals surface area contributed by atoms with E-state index in [0.717, 1.165) is 44.9 Å². The molecule has 1 aromatic heterocycles. The molecule has 0 saturated carbocycles. The summed E-state index contributed by atoms with van der Waals surface area (Å²) >= 11 is 7.49. The van der Waals surface area contributed by atoms with E-state index in [2.05, 4.69) is 102 Å². The second-order valence-corrected chi connectivity index (χ2v) is 8.33. The highest BCUT2D eigenvalue weighted by Crippen LogP contribution is 2.45. The van der Waals surface area contributed by atoms with Gasteiger partial charge in [0.15, 0.2) is 9.81 Å². The van der Waals surface area contributed by atoms with Gasteiger partial charge in [0.25, 0.3) is 0 Å². The van der Waals surface area contributed by atoms with Gasteiger partial charge in [-0.2, -0.15) is 0 Å². The first-order valence-corrected chi connectivity index (χ1v) is 10.9. The van der Waals surface area contributed by atoms with Gasteiger partial charge in [-0.05, 0) is 80.2 Å². The van der Waals surface area contributed by atoms with Crippen molar-refractivity contribution in [3.8, 4) is 5.69 Å². The number of nitrogens with one attached hydrogen (secondary N) is 1. The summed E-state index contributed by atoms with van der Waals surface area (Å²) in [6.07, 6.45) is 0.981. The number of anilines is 3. The van der Waals surface area contributed by atoms with Crippen LogP contribution in [0.3, 0.4) is 0 Å². The van der Waals surface area contributed by atoms with Crippen molar-refractivity contribution in [1.82, 2.24) is 9.55 Å². The smallest absolute Gasteiger partial charge is 0.182 e. The highest BCUT2D eigenvalue weighted by Gasteiger charge is 2.30. The van der Waals surface area contributed by atoms with Crippen LogP contribution in [0.2, 0.25) is 0 Å². The fourth-order valence-electron chi connectivity index (χ4n) is 3.77. The molecule has 5 rings (SSSR count). The molecule has 2 heterocycles. The first kappa shape index (κ1) is 17.8. The Morgan fingerprint density at radius 3 is 2.61 bits per heavy atom. The molecule has 0 spiro atoms. The van der Waals surface area contributed by atoms with E-state index < -0.39 is 0 Å². The van der Waals surface area contributed by atoms with Crippen LogP contribution in [0.25, 0.3) is 16.7 Å². The van der Waals surface area contributed by atoms with Crippen molar-refractivity contribution in [3.05, 3.63) is 77.0 Å². The third kappa shape index (κ3) is 2.74. The van der Waals surface area contributed by atoms with Crippen LogP contribution >= 0.6 is 31.9 Å². The standard InChI is InChI=1S/C22H18Br2N4/c1-2-14-11-12-19(27-17-9-5-3-7-15(17)25-21(27)23)20(13-14)28-18-10-6-4-8-16(18)26-22(28)24/h3-13,22,26H,2H2,1H3. The zero-order valence-electron chi connectivity index (χ0n) is 15.2. The topological polar surface area (TPSA) is 33.1 Å². The first-order valence-electron chi connectivity index (χ1n) is 9.22. The van der Waals surface area contributed by atoms with Gasteiger partial charge in [-0.25, -0.2) is 4.98 Å². The van der Waals surface area contributed by atoms with Crippen molar-refractivity contribution in [3.63, 3.8) is 0 Å². The number of para-hydroxylation sites is 4. The largest absolute Gasteiger partial charge is 0.354 e. The number of aryl methyl sites for hydroxylation is 1. The molecule has 140 valence electrons. The van der Waals surface area contributed by atoms with Crippen molar-refractivity contribution in [2.75, 3.05) is 10.2 Å². The lowest BCUT2D eigenvalue weighted by molar-refractivity contribution is 0.986. The molecule has 3 aromatic carbocycles. The Kier molecular flexibility index (Phi) is 4.40. The van der Waals surface area contributed by atoms with E-state index in [-0.39, 0.29) is 5.08 Å². The Hall–Kier alpha value is -2.31. The molecule has 6 heteroatoms. The van der Waals surface area contributed by atoms with Crippen molar-refractivity contribution < 1.29 is 0 Å². The van der Waals surface area contributed by atoms with E-state index in [0.29, 0.717) is 0 Å². The summed E-state index contributed by atoms with van der Waals surface area (Å²) in [5.74, 6) is 0. The third-order valence-corrected chi connectivity index (χ3v) is 6.30. The van der Waals surface area contributed by atoms with Crippen molar-refractivity contribution >= 4 is 60.0 Å². The van der Waals surface area contributed by atoms with Crippen LogP contribution in [0.5, 0.6) is 0 Å². The summed E-state index contributed by atoms with van der Waals surface area (Å²) in [5, 5.41) is 3.49. The molecule has 1 N–H and O–H groups in total. The maximum Gasteiger partial charge on any atom is 0.182 e. The number of imidazole rings is 1. The van der Waals surface area contributed by atoms with Crippen molar-refractivity contribution in [2.24, 2.45) is 0 Å². The first-order chi connectivity index (χ1) is 13.7. The highest BCUT2D eigenvalue weighted by molar-refractivity contribution is 9.10. The quantitative estimate of drug-likeness (QED) is 0.256. The maximum atomic E-state index is 4.70. The number of halogens is 2. The Morgan fingerprint density at radius 1 is 0.964 bits per heavy atom. The van der Waals surface area contributed by atoms with Crippen LogP contribution < -0.4 is 10.2 Å². The van der Waals surface area contributed by atoms with E-state index in [4.69, 9.17) is 4.98 Å². The van der Waals surface area contributed by atoms with E-state index in [1.165, 1.54) is 5.56 Å². The lowest BCUT2D eigenvalue weighted by Crippen LogP contribution is -2.26. The zero-order chi connectivity index (χ0) is 19.3. The summed E-state index contributed by atoms with van der Waals surface area (Å²) in [6, 6.07) is 23.2. The zero-order valence-corrected chi connectivity index (χ0v) is 18.4. The van der Waals surface area contributed by atoms with Gasteiger partial charge in [-0.3, -0.25) is 4.57 Å². The summed E-state index contributed by atoms with van der Waals surface area (Å²) in [7, 11) is 0. The lowest BCUT2D eigenvalue weighted by atomic mass is 10.1. The fraction of sp³-hybridized carbons (Fsp3) is 0.136. The van der Waals surface area contributed by atoms with Crippen LogP contribution in [-0.2, 0) is 6.42 Å². The van der Waals surface area contributed by atoms with Crippen LogP contribution in [0, 0.1) is 0 Å². The van der Waals surface area contributed by atoms with Gasteiger partial charge in [0.1, 0.15) is 0 Å². The molecular formula is C22H18Br2N4. The van der Waals surface area contributed by atoms with Crippen LogP contribution in [-0.4, -0.2) is 14.6 Å². The number of rotatable bonds is 3. The molecule has 1 aliphatic rings. The Balaban J connectivity index is 1.78. The molecule has 1 atom stereocenters. The summed E-state index contributed by atoms with van der Waals surface area (Å²) < 4.78 is 2.97. The Labute approximate surface area is 180 Å². The van der Waals surface area contributed by atoms with Gasteiger partial charge in [-0.1, -0.05) is 37.3 Å². The predicted molar refractivity (Wildman–Crippen MR) is 123 cm³/mol. The lowest BCUT2D eigenvalue weighted by Gasteiger charge is -2.26. The molecule has 28 heavy (non-hydrogen) atoms. The number of nitrogens with zero attached hydrogens (tertiary/aromatic N) is 3. The molecule has 0 fully saturated rings. The van der Waals surface area contributed by atoms with E-state index in [1.54, 1.807) is 0 Å². The van der Waals surface area contributed by atoms with Gasteiger partial charge in [0, 0.05) is 0 Å². The summed E-state index contributed by atoms with van der Waals surface area (Å²) in [6.45, 7) is 2.18. The molecule has 0 saturated heterocycles. The molecule has 0 bridgehead atoms. The molecule has 1 unspecified atom stereocenters. The minimum atomic E-state index is -0.0238. The molecule has 1 aliphatic heterocycles. The number of hydrogen-bond donors (Lipinski definition) is 1. The van der Waals surface area contributed by atoms with Gasteiger partial charge < -0.3 is 10.2 Å². The molecule has 0 amide bonds. The second kappa shape index (κ2) is 6.94. The third-order valence-electron chi connectivity index (χ3n) is 5.13. The van der Waals surface area contributed by atoms with Crippen molar-refractivity contribution in [1.29, 1.82) is 0 Å². The van der Waals surface area contributed by atoms with Crippen LogP contribution in [0.4, 0.5) is 17.1 Å². The SMILES string of the molecule is CCc1ccc(-n2c(Br)nc3ccccc32)c(N2c3ccccc3NC2Br)c1. The van der Waals surface area contributed by atoms with Crippen LogP contribution in [0.1, 0.15) is 12.5 Å². The number of fused-ring (bicyclic) bond motifs is 2. The summed E-state index contributed by atoms with van der Waals surface area (Å²) in [5.41, 5.74) is 7.82. The minimum Gasteiger partial charge on any atom is -0.354 e. The number of hydrogen-bond acceptors (Lipinski definition) is 3. The number of aromatic nitrogens is 2. The maximum absolute atomic E-state index is 4.70. The van der Waals surface area contributed by atoms with Gasteiger partial charge in [-0.15, -0.1) is 0 Å². The highest BCUT2D eigenvalue weighted by atomic mass is 79.9. The van der Waals surface area contributed by atoms with Gasteiger partial charge in [0.05, 0.1) is 33.8 Å². The number of alkyl halides is 1. The average molecular weight is 498 g/mol.